The number of carbonyl (C=O) groups excluding carboxylic acids is 1. The van der Waals surface area contributed by atoms with Crippen LogP contribution in [0.1, 0.15) is 12.0 Å². The van der Waals surface area contributed by atoms with Crippen LogP contribution in [0.3, 0.4) is 0 Å². The number of hydrogen-bond donors (Lipinski definition) is 1. The van der Waals surface area contributed by atoms with Crippen molar-refractivity contribution in [2.45, 2.75) is 17.1 Å². The smallest absolute Gasteiger partial charge is 0.264 e. The standard InChI is InChI=1S/C24H24BrFN2O3S2/c25-20-6-4-7-22(16-20)28(33(30,31)23-8-2-1-3-9-23)17-24(29)27-14-5-15-32-18-19-10-12-21(26)13-11-19/h1-4,6-13,16H,5,14-15,17-18H2,(H,27,29). The monoisotopic (exact) mass is 550 g/mol. The zero-order valence-electron chi connectivity index (χ0n) is 17.8. The van der Waals surface area contributed by atoms with E-state index in [0.29, 0.717) is 16.7 Å². The van der Waals surface area contributed by atoms with E-state index in [2.05, 4.69) is 21.2 Å². The van der Waals surface area contributed by atoms with E-state index in [9.17, 15) is 17.6 Å². The Morgan fingerprint density at radius 3 is 2.42 bits per heavy atom. The highest BCUT2D eigenvalue weighted by Gasteiger charge is 2.27. The van der Waals surface area contributed by atoms with E-state index in [1.807, 2.05) is 0 Å². The van der Waals surface area contributed by atoms with Crippen LogP contribution in [0.5, 0.6) is 0 Å². The lowest BCUT2D eigenvalue weighted by Gasteiger charge is -2.24. The van der Waals surface area contributed by atoms with Crippen molar-refractivity contribution in [2.24, 2.45) is 0 Å². The second-order valence-corrected chi connectivity index (χ2v) is 11.1. The van der Waals surface area contributed by atoms with Gasteiger partial charge in [-0.1, -0.05) is 52.3 Å². The van der Waals surface area contributed by atoms with Gasteiger partial charge in [0.25, 0.3) is 10.0 Å². The Labute approximate surface area is 206 Å². The lowest BCUT2D eigenvalue weighted by Crippen LogP contribution is -2.41. The van der Waals surface area contributed by atoms with Crippen molar-refractivity contribution in [2.75, 3.05) is 23.1 Å². The second-order valence-electron chi connectivity index (χ2n) is 7.19. The maximum Gasteiger partial charge on any atom is 0.264 e. The number of anilines is 1. The molecule has 0 radical (unpaired) electrons. The van der Waals surface area contributed by atoms with Crippen LogP contribution in [-0.4, -0.2) is 33.2 Å². The minimum absolute atomic E-state index is 0.120. The van der Waals surface area contributed by atoms with E-state index in [0.717, 1.165) is 27.8 Å². The van der Waals surface area contributed by atoms with Gasteiger partial charge in [-0.05, 0) is 60.2 Å². The summed E-state index contributed by atoms with van der Waals surface area (Å²) in [6.07, 6.45) is 0.736. The van der Waals surface area contributed by atoms with Crippen LogP contribution in [0.4, 0.5) is 10.1 Å². The molecule has 0 atom stereocenters. The van der Waals surface area contributed by atoms with E-state index in [1.54, 1.807) is 66.4 Å². The highest BCUT2D eigenvalue weighted by Crippen LogP contribution is 2.26. The zero-order chi connectivity index (χ0) is 23.7. The lowest BCUT2D eigenvalue weighted by atomic mass is 10.2. The number of benzene rings is 3. The molecule has 0 saturated carbocycles. The summed E-state index contributed by atoms with van der Waals surface area (Å²) < 4.78 is 41.3. The average molecular weight is 552 g/mol. The zero-order valence-corrected chi connectivity index (χ0v) is 21.0. The summed E-state index contributed by atoms with van der Waals surface area (Å²) in [5, 5.41) is 2.81. The fourth-order valence-corrected chi connectivity index (χ4v) is 5.77. The van der Waals surface area contributed by atoms with Crippen LogP contribution < -0.4 is 9.62 Å². The number of carbonyl (C=O) groups is 1. The number of halogens is 2. The third-order valence-electron chi connectivity index (χ3n) is 4.68. The molecular weight excluding hydrogens is 527 g/mol. The summed E-state index contributed by atoms with van der Waals surface area (Å²) in [6, 6.07) is 21.3. The third-order valence-corrected chi connectivity index (χ3v) is 8.08. The van der Waals surface area contributed by atoms with Gasteiger partial charge in [-0.2, -0.15) is 11.8 Å². The molecule has 3 rings (SSSR count). The van der Waals surface area contributed by atoms with E-state index in [1.165, 1.54) is 24.3 Å². The minimum Gasteiger partial charge on any atom is -0.354 e. The summed E-state index contributed by atoms with van der Waals surface area (Å²) in [6.45, 7) is 0.114. The van der Waals surface area contributed by atoms with Crippen LogP contribution in [0.15, 0.2) is 88.2 Å². The normalized spacial score (nSPS) is 11.2. The highest BCUT2D eigenvalue weighted by molar-refractivity contribution is 9.10. The molecule has 0 fully saturated rings. The van der Waals surface area contributed by atoms with Gasteiger partial charge in [-0.25, -0.2) is 12.8 Å². The van der Waals surface area contributed by atoms with Gasteiger partial charge in [0.15, 0.2) is 0 Å². The third kappa shape index (κ3) is 7.58. The maximum atomic E-state index is 13.3. The molecule has 5 nitrogen and oxygen atoms in total. The fourth-order valence-electron chi connectivity index (χ4n) is 3.03. The largest absolute Gasteiger partial charge is 0.354 e. The lowest BCUT2D eigenvalue weighted by molar-refractivity contribution is -0.119. The van der Waals surface area contributed by atoms with Crippen molar-refractivity contribution >= 4 is 49.3 Å². The van der Waals surface area contributed by atoms with Gasteiger partial charge in [0.1, 0.15) is 12.4 Å². The molecule has 0 unspecified atom stereocenters. The molecule has 0 spiro atoms. The number of amides is 1. The molecule has 9 heteroatoms. The van der Waals surface area contributed by atoms with Crippen LogP contribution in [-0.2, 0) is 20.6 Å². The molecule has 1 N–H and O–H groups in total. The molecule has 33 heavy (non-hydrogen) atoms. The molecule has 174 valence electrons. The SMILES string of the molecule is O=C(CN(c1cccc(Br)c1)S(=O)(=O)c1ccccc1)NCCCSCc1ccc(F)cc1. The van der Waals surface area contributed by atoms with Crippen LogP contribution in [0.2, 0.25) is 0 Å². The topological polar surface area (TPSA) is 66.5 Å². The van der Waals surface area contributed by atoms with Crippen molar-refractivity contribution in [1.29, 1.82) is 0 Å². The average Bonchev–Trinajstić information content (AvgIpc) is 2.81. The first kappa shape index (κ1) is 25.3. The quantitative estimate of drug-likeness (QED) is 0.332. The first-order chi connectivity index (χ1) is 15.9. The van der Waals surface area contributed by atoms with Gasteiger partial charge in [0.05, 0.1) is 10.6 Å². The van der Waals surface area contributed by atoms with Crippen LogP contribution in [0, 0.1) is 5.82 Å². The fraction of sp³-hybridized carbons (Fsp3) is 0.208. The number of nitrogens with one attached hydrogen (secondary N) is 1. The predicted molar refractivity (Wildman–Crippen MR) is 135 cm³/mol. The van der Waals surface area contributed by atoms with Crippen molar-refractivity contribution in [3.8, 4) is 0 Å². The van der Waals surface area contributed by atoms with E-state index in [4.69, 9.17) is 0 Å². The Kier molecular flexibility index (Phi) is 9.34. The molecule has 0 aliphatic rings. The summed E-state index contributed by atoms with van der Waals surface area (Å²) in [5.74, 6) is 0.950. The number of rotatable bonds is 11. The Morgan fingerprint density at radius 1 is 1.00 bits per heavy atom. The van der Waals surface area contributed by atoms with E-state index in [-0.39, 0.29) is 23.2 Å². The molecule has 0 aliphatic heterocycles. The number of sulfonamides is 1. The number of nitrogens with zero attached hydrogens (tertiary/aromatic N) is 1. The van der Waals surface area contributed by atoms with Crippen molar-refractivity contribution in [1.82, 2.24) is 5.32 Å². The summed E-state index contributed by atoms with van der Waals surface area (Å²) in [7, 11) is -3.92. The van der Waals surface area contributed by atoms with Crippen LogP contribution in [0.25, 0.3) is 0 Å². The van der Waals surface area contributed by atoms with Gasteiger partial charge in [0.2, 0.25) is 5.91 Å². The molecule has 0 bridgehead atoms. The molecule has 1 amide bonds. The van der Waals surface area contributed by atoms with Gasteiger partial charge >= 0.3 is 0 Å². The molecule has 0 aromatic heterocycles. The van der Waals surface area contributed by atoms with E-state index < -0.39 is 10.0 Å². The molecule has 0 aliphatic carbocycles. The van der Waals surface area contributed by atoms with Gasteiger partial charge in [0, 0.05) is 16.8 Å². The summed E-state index contributed by atoms with van der Waals surface area (Å²) >= 11 is 5.06. The Balaban J connectivity index is 1.56. The molecule has 3 aromatic rings. The number of thioether (sulfide) groups is 1. The molecular formula is C24H24BrFN2O3S2. The maximum absolute atomic E-state index is 13.3. The first-order valence-corrected chi connectivity index (χ1v) is 13.7. The molecule has 0 heterocycles. The minimum atomic E-state index is -3.92. The molecule has 0 saturated heterocycles. The Hall–Kier alpha value is -2.36. The summed E-state index contributed by atoms with van der Waals surface area (Å²) in [4.78, 5) is 12.7. The highest BCUT2D eigenvalue weighted by atomic mass is 79.9. The second kappa shape index (κ2) is 12.2. The van der Waals surface area contributed by atoms with Crippen molar-refractivity contribution in [3.63, 3.8) is 0 Å². The summed E-state index contributed by atoms with van der Waals surface area (Å²) in [5.41, 5.74) is 1.44. The van der Waals surface area contributed by atoms with Crippen molar-refractivity contribution < 1.29 is 17.6 Å². The van der Waals surface area contributed by atoms with Gasteiger partial charge in [-0.3, -0.25) is 9.10 Å². The Morgan fingerprint density at radius 2 is 1.73 bits per heavy atom. The first-order valence-electron chi connectivity index (χ1n) is 10.3. The van der Waals surface area contributed by atoms with Crippen LogP contribution >= 0.6 is 27.7 Å². The van der Waals surface area contributed by atoms with Gasteiger partial charge in [-0.15, -0.1) is 0 Å². The molecule has 3 aromatic carbocycles. The van der Waals surface area contributed by atoms with Gasteiger partial charge < -0.3 is 5.32 Å². The predicted octanol–water partition coefficient (Wildman–Crippen LogP) is 5.22. The Bertz CT molecular complexity index is 1160. The number of hydrogen-bond acceptors (Lipinski definition) is 4. The van der Waals surface area contributed by atoms with Crippen molar-refractivity contribution in [3.05, 3.63) is 94.7 Å². The van der Waals surface area contributed by atoms with E-state index >= 15 is 0 Å².